The molecular weight excluding hydrogens is 312 g/mol. The number of carbonyl (C=O) groups is 2. The lowest BCUT2D eigenvalue weighted by Crippen LogP contribution is -2.34. The summed E-state index contributed by atoms with van der Waals surface area (Å²) in [6.45, 7) is 0.554. The Kier molecular flexibility index (Phi) is 4.09. The zero-order valence-electron chi connectivity index (χ0n) is 10.5. The van der Waals surface area contributed by atoms with Crippen molar-refractivity contribution in [3.05, 3.63) is 28.7 Å². The molecule has 0 radical (unpaired) electrons. The van der Waals surface area contributed by atoms with Crippen LogP contribution in [-0.2, 0) is 4.79 Å². The van der Waals surface area contributed by atoms with Gasteiger partial charge >= 0.3 is 12.0 Å². The summed E-state index contributed by atoms with van der Waals surface area (Å²) in [5.41, 5.74) is 0.791. The van der Waals surface area contributed by atoms with Gasteiger partial charge < -0.3 is 10.0 Å². The van der Waals surface area contributed by atoms with Crippen molar-refractivity contribution < 1.29 is 14.7 Å². The van der Waals surface area contributed by atoms with Gasteiger partial charge in [0.2, 0.25) is 0 Å². The molecule has 1 atom stereocenters. The number of anilines is 1. The first-order valence-corrected chi connectivity index (χ1v) is 6.80. The van der Waals surface area contributed by atoms with Crippen LogP contribution >= 0.6 is 15.9 Å². The highest BCUT2D eigenvalue weighted by molar-refractivity contribution is 9.10. The van der Waals surface area contributed by atoms with Crippen LogP contribution in [0.1, 0.15) is 12.8 Å². The summed E-state index contributed by atoms with van der Waals surface area (Å²) in [6.07, 6.45) is 0.522. The van der Waals surface area contributed by atoms with Crippen molar-refractivity contribution in [1.82, 2.24) is 4.90 Å². The Hall–Kier alpha value is -1.56. The van der Waals surface area contributed by atoms with Gasteiger partial charge in [0.1, 0.15) is 0 Å². The van der Waals surface area contributed by atoms with Gasteiger partial charge in [0.05, 0.1) is 6.04 Å². The molecule has 0 aromatic heterocycles. The number of halogens is 1. The molecule has 19 heavy (non-hydrogen) atoms. The number of hydrogen-bond donors (Lipinski definition) is 1. The second-order valence-electron chi connectivity index (χ2n) is 4.60. The van der Waals surface area contributed by atoms with Crippen molar-refractivity contribution in [2.75, 3.05) is 18.5 Å². The average molecular weight is 327 g/mol. The number of likely N-dealkylation sites (N-methyl/N-ethyl adjacent to an activating group) is 1. The summed E-state index contributed by atoms with van der Waals surface area (Å²) in [6, 6.07) is 7.29. The van der Waals surface area contributed by atoms with E-state index in [0.717, 1.165) is 10.2 Å². The highest BCUT2D eigenvalue weighted by atomic mass is 79.9. The fourth-order valence-electron chi connectivity index (χ4n) is 2.27. The fraction of sp³-hybridized carbons (Fsp3) is 0.385. The van der Waals surface area contributed by atoms with E-state index in [-0.39, 0.29) is 18.5 Å². The molecule has 1 heterocycles. The predicted octanol–water partition coefficient (Wildman–Crippen LogP) is 2.55. The van der Waals surface area contributed by atoms with Crippen molar-refractivity contribution in [3.63, 3.8) is 0 Å². The SMILES string of the molecule is CN1CC(CCC(=O)O)N(c2cccc(Br)c2)C1=O. The van der Waals surface area contributed by atoms with Crippen molar-refractivity contribution in [2.45, 2.75) is 18.9 Å². The molecule has 0 aliphatic carbocycles. The van der Waals surface area contributed by atoms with Gasteiger partial charge in [-0.05, 0) is 24.6 Å². The van der Waals surface area contributed by atoms with Gasteiger partial charge in [0.25, 0.3) is 0 Å². The zero-order valence-corrected chi connectivity index (χ0v) is 12.1. The number of nitrogens with zero attached hydrogens (tertiary/aromatic N) is 2. The van der Waals surface area contributed by atoms with E-state index in [1.807, 2.05) is 24.3 Å². The second-order valence-corrected chi connectivity index (χ2v) is 5.51. The summed E-state index contributed by atoms with van der Waals surface area (Å²) in [7, 11) is 1.73. The molecule has 1 aliphatic heterocycles. The maximum atomic E-state index is 12.2. The zero-order chi connectivity index (χ0) is 14.0. The number of carboxylic acid groups (broad SMARTS) is 1. The van der Waals surface area contributed by atoms with Gasteiger partial charge in [-0.3, -0.25) is 9.69 Å². The van der Waals surface area contributed by atoms with E-state index >= 15 is 0 Å². The first kappa shape index (κ1) is 13.9. The van der Waals surface area contributed by atoms with Gasteiger partial charge in [-0.25, -0.2) is 4.79 Å². The monoisotopic (exact) mass is 326 g/mol. The van der Waals surface area contributed by atoms with E-state index < -0.39 is 5.97 Å². The number of aliphatic carboxylic acids is 1. The topological polar surface area (TPSA) is 60.9 Å². The van der Waals surface area contributed by atoms with Crippen LogP contribution in [0.4, 0.5) is 10.5 Å². The minimum Gasteiger partial charge on any atom is -0.481 e. The van der Waals surface area contributed by atoms with Crippen LogP contribution in [0.15, 0.2) is 28.7 Å². The van der Waals surface area contributed by atoms with Crippen LogP contribution in [0.5, 0.6) is 0 Å². The number of carbonyl (C=O) groups excluding carboxylic acids is 1. The first-order chi connectivity index (χ1) is 8.99. The summed E-state index contributed by atoms with van der Waals surface area (Å²) >= 11 is 3.38. The minimum atomic E-state index is -0.837. The summed E-state index contributed by atoms with van der Waals surface area (Å²) in [4.78, 5) is 26.1. The molecule has 0 saturated carbocycles. The maximum Gasteiger partial charge on any atom is 0.324 e. The summed E-state index contributed by atoms with van der Waals surface area (Å²) < 4.78 is 0.893. The van der Waals surface area contributed by atoms with Crippen LogP contribution in [-0.4, -0.2) is 41.6 Å². The Morgan fingerprint density at radius 1 is 1.53 bits per heavy atom. The van der Waals surface area contributed by atoms with Crippen LogP contribution in [0.3, 0.4) is 0 Å². The normalized spacial score (nSPS) is 19.1. The van der Waals surface area contributed by atoms with Gasteiger partial charge in [-0.2, -0.15) is 0 Å². The van der Waals surface area contributed by atoms with Crippen LogP contribution in [0, 0.1) is 0 Å². The van der Waals surface area contributed by atoms with Crippen molar-refractivity contribution in [3.8, 4) is 0 Å². The first-order valence-electron chi connectivity index (χ1n) is 6.00. The number of carboxylic acids is 1. The van der Waals surface area contributed by atoms with Crippen LogP contribution in [0.2, 0.25) is 0 Å². The molecular formula is C13H15BrN2O3. The summed E-state index contributed by atoms with van der Waals surface area (Å²) in [5, 5.41) is 8.78. The molecule has 6 heteroatoms. The largest absolute Gasteiger partial charge is 0.481 e. The number of urea groups is 1. The Bertz CT molecular complexity index is 506. The molecule has 0 bridgehead atoms. The summed E-state index contributed by atoms with van der Waals surface area (Å²) in [5.74, 6) is -0.837. The Morgan fingerprint density at radius 2 is 2.26 bits per heavy atom. The Balaban J connectivity index is 2.23. The highest BCUT2D eigenvalue weighted by Gasteiger charge is 2.36. The number of benzene rings is 1. The van der Waals surface area contributed by atoms with Gasteiger partial charge in [-0.15, -0.1) is 0 Å². The Morgan fingerprint density at radius 3 is 2.89 bits per heavy atom. The lowest BCUT2D eigenvalue weighted by Gasteiger charge is -2.23. The molecule has 1 aliphatic rings. The van der Waals surface area contributed by atoms with Crippen LogP contribution < -0.4 is 4.90 Å². The standard InChI is InChI=1S/C13H15BrN2O3/c1-15-8-11(5-6-12(17)18)16(13(15)19)10-4-2-3-9(14)7-10/h2-4,7,11H,5-6,8H2,1H3,(H,17,18). The number of amides is 2. The highest BCUT2D eigenvalue weighted by Crippen LogP contribution is 2.28. The average Bonchev–Trinajstić information content (AvgIpc) is 2.63. The smallest absolute Gasteiger partial charge is 0.324 e. The van der Waals surface area contributed by atoms with Gasteiger partial charge in [-0.1, -0.05) is 22.0 Å². The molecule has 1 saturated heterocycles. The van der Waals surface area contributed by atoms with E-state index in [0.29, 0.717) is 13.0 Å². The minimum absolute atomic E-state index is 0.0658. The van der Waals surface area contributed by atoms with E-state index in [1.54, 1.807) is 16.8 Å². The van der Waals surface area contributed by atoms with E-state index in [2.05, 4.69) is 15.9 Å². The van der Waals surface area contributed by atoms with Crippen LogP contribution in [0.25, 0.3) is 0 Å². The lowest BCUT2D eigenvalue weighted by molar-refractivity contribution is -0.137. The molecule has 2 rings (SSSR count). The van der Waals surface area contributed by atoms with Gasteiger partial charge in [0.15, 0.2) is 0 Å². The molecule has 2 amide bonds. The molecule has 1 aromatic carbocycles. The molecule has 5 nitrogen and oxygen atoms in total. The third kappa shape index (κ3) is 3.07. The number of rotatable bonds is 4. The van der Waals surface area contributed by atoms with Gasteiger partial charge in [0, 0.05) is 30.2 Å². The molecule has 1 fully saturated rings. The van der Waals surface area contributed by atoms with Crippen molar-refractivity contribution in [1.29, 1.82) is 0 Å². The second kappa shape index (κ2) is 5.61. The van der Waals surface area contributed by atoms with E-state index in [9.17, 15) is 9.59 Å². The molecule has 1 N–H and O–H groups in total. The lowest BCUT2D eigenvalue weighted by atomic mass is 10.1. The molecule has 0 spiro atoms. The predicted molar refractivity (Wildman–Crippen MR) is 75.3 cm³/mol. The van der Waals surface area contributed by atoms with E-state index in [4.69, 9.17) is 5.11 Å². The van der Waals surface area contributed by atoms with Crippen molar-refractivity contribution >= 4 is 33.6 Å². The molecule has 102 valence electrons. The molecule has 1 unspecified atom stereocenters. The third-order valence-corrected chi connectivity index (χ3v) is 3.65. The quantitative estimate of drug-likeness (QED) is 0.924. The van der Waals surface area contributed by atoms with Crippen molar-refractivity contribution in [2.24, 2.45) is 0 Å². The third-order valence-electron chi connectivity index (χ3n) is 3.16. The fourth-order valence-corrected chi connectivity index (χ4v) is 2.66. The maximum absolute atomic E-state index is 12.2. The van der Waals surface area contributed by atoms with E-state index in [1.165, 1.54) is 0 Å². The molecule has 1 aromatic rings. The Labute approximate surface area is 119 Å². The number of hydrogen-bond acceptors (Lipinski definition) is 2.